The third-order valence-corrected chi connectivity index (χ3v) is 2.69. The molecule has 4 heteroatoms. The highest BCUT2D eigenvalue weighted by molar-refractivity contribution is 5.81. The largest absolute Gasteiger partial charge is 0.344 e. The van der Waals surface area contributed by atoms with E-state index in [4.69, 9.17) is 6.42 Å². The van der Waals surface area contributed by atoms with Crippen molar-refractivity contribution in [2.24, 2.45) is 0 Å². The summed E-state index contributed by atoms with van der Waals surface area (Å²) in [6, 6.07) is 0.351. The first-order valence-corrected chi connectivity index (χ1v) is 5.33. The zero-order chi connectivity index (χ0) is 11.3. The van der Waals surface area contributed by atoms with E-state index in [1.807, 2.05) is 6.92 Å². The number of piperazine rings is 1. The molecule has 0 saturated carbocycles. The van der Waals surface area contributed by atoms with Crippen LogP contribution >= 0.6 is 0 Å². The Balaban J connectivity index is 2.41. The molecule has 15 heavy (non-hydrogen) atoms. The van der Waals surface area contributed by atoms with E-state index in [0.29, 0.717) is 12.6 Å². The van der Waals surface area contributed by atoms with Crippen LogP contribution in [-0.2, 0) is 4.79 Å². The van der Waals surface area contributed by atoms with Crippen LogP contribution in [0.2, 0.25) is 0 Å². The molecule has 0 aromatic rings. The van der Waals surface area contributed by atoms with Crippen LogP contribution in [0.1, 0.15) is 13.8 Å². The summed E-state index contributed by atoms with van der Waals surface area (Å²) in [4.78, 5) is 13.8. The number of nitrogens with one attached hydrogen (secondary N) is 2. The second-order valence-electron chi connectivity index (χ2n) is 3.95. The van der Waals surface area contributed by atoms with Crippen molar-refractivity contribution in [2.75, 3.05) is 26.2 Å². The number of rotatable bonds is 3. The molecule has 2 atom stereocenters. The van der Waals surface area contributed by atoms with Crippen LogP contribution in [0.3, 0.4) is 0 Å². The molecule has 0 bridgehead atoms. The molecule has 0 radical (unpaired) electrons. The highest BCUT2D eigenvalue weighted by Crippen LogP contribution is 2.04. The predicted octanol–water partition coefficient (Wildman–Crippen LogP) is -0.582. The van der Waals surface area contributed by atoms with E-state index >= 15 is 0 Å². The molecule has 1 rings (SSSR count). The van der Waals surface area contributed by atoms with Crippen molar-refractivity contribution >= 4 is 5.91 Å². The van der Waals surface area contributed by atoms with Crippen LogP contribution in [0.4, 0.5) is 0 Å². The van der Waals surface area contributed by atoms with Gasteiger partial charge in [-0.1, -0.05) is 5.92 Å². The molecule has 0 spiro atoms. The minimum atomic E-state index is -0.0945. The summed E-state index contributed by atoms with van der Waals surface area (Å²) >= 11 is 0. The van der Waals surface area contributed by atoms with Gasteiger partial charge in [0.25, 0.3) is 0 Å². The summed E-state index contributed by atoms with van der Waals surface area (Å²) in [7, 11) is 0. The quantitative estimate of drug-likeness (QED) is 0.611. The summed E-state index contributed by atoms with van der Waals surface area (Å²) in [6.07, 6.45) is 5.09. The van der Waals surface area contributed by atoms with E-state index < -0.39 is 0 Å². The molecule has 0 aliphatic carbocycles. The van der Waals surface area contributed by atoms with E-state index in [1.54, 1.807) is 0 Å². The third kappa shape index (κ3) is 3.54. The van der Waals surface area contributed by atoms with Crippen LogP contribution in [0.25, 0.3) is 0 Å². The van der Waals surface area contributed by atoms with Crippen LogP contribution in [0, 0.1) is 12.3 Å². The Hall–Kier alpha value is -1.05. The predicted molar refractivity (Wildman–Crippen MR) is 60.3 cm³/mol. The first-order valence-electron chi connectivity index (χ1n) is 5.33. The minimum absolute atomic E-state index is 0.0158. The lowest BCUT2D eigenvalue weighted by atomic mass is 10.1. The van der Waals surface area contributed by atoms with Crippen LogP contribution in [-0.4, -0.2) is 49.1 Å². The van der Waals surface area contributed by atoms with Gasteiger partial charge < -0.3 is 10.6 Å². The zero-order valence-corrected chi connectivity index (χ0v) is 9.42. The number of terminal acetylenes is 1. The zero-order valence-electron chi connectivity index (χ0n) is 9.42. The molecule has 2 N–H and O–H groups in total. The summed E-state index contributed by atoms with van der Waals surface area (Å²) in [5.74, 6) is 2.42. The van der Waals surface area contributed by atoms with Crippen LogP contribution in [0.5, 0.6) is 0 Å². The van der Waals surface area contributed by atoms with Gasteiger partial charge in [-0.3, -0.25) is 9.69 Å². The first-order chi connectivity index (χ1) is 7.15. The van der Waals surface area contributed by atoms with Crippen molar-refractivity contribution in [1.29, 1.82) is 0 Å². The third-order valence-electron chi connectivity index (χ3n) is 2.69. The Morgan fingerprint density at radius 1 is 1.80 bits per heavy atom. The van der Waals surface area contributed by atoms with Gasteiger partial charge in [0.1, 0.15) is 0 Å². The molecule has 4 nitrogen and oxygen atoms in total. The molecule has 1 unspecified atom stereocenters. The highest BCUT2D eigenvalue weighted by Gasteiger charge is 2.24. The Bertz CT molecular complexity index is 259. The van der Waals surface area contributed by atoms with Crippen molar-refractivity contribution in [2.45, 2.75) is 25.9 Å². The summed E-state index contributed by atoms with van der Waals surface area (Å²) in [5.41, 5.74) is 0. The van der Waals surface area contributed by atoms with Gasteiger partial charge in [-0.15, -0.1) is 6.42 Å². The average Bonchev–Trinajstić information content (AvgIpc) is 2.24. The van der Waals surface area contributed by atoms with Gasteiger partial charge in [-0.05, 0) is 13.8 Å². The normalized spacial score (nSPS) is 24.2. The Labute approximate surface area is 91.4 Å². The summed E-state index contributed by atoms with van der Waals surface area (Å²) in [5, 5.41) is 6.05. The fraction of sp³-hybridized carbons (Fsp3) is 0.727. The molecule has 1 heterocycles. The van der Waals surface area contributed by atoms with E-state index in [9.17, 15) is 4.79 Å². The van der Waals surface area contributed by atoms with Gasteiger partial charge in [0.05, 0.1) is 12.6 Å². The number of amides is 1. The van der Waals surface area contributed by atoms with Crippen molar-refractivity contribution in [3.63, 3.8) is 0 Å². The average molecular weight is 209 g/mol. The van der Waals surface area contributed by atoms with Gasteiger partial charge in [0, 0.05) is 25.7 Å². The van der Waals surface area contributed by atoms with Crippen molar-refractivity contribution in [3.05, 3.63) is 0 Å². The van der Waals surface area contributed by atoms with Gasteiger partial charge in [-0.25, -0.2) is 0 Å². The Kier molecular flexibility index (Phi) is 4.60. The summed E-state index contributed by atoms with van der Waals surface area (Å²) < 4.78 is 0. The fourth-order valence-electron chi connectivity index (χ4n) is 1.77. The van der Waals surface area contributed by atoms with Gasteiger partial charge in [-0.2, -0.15) is 0 Å². The molecule has 0 aromatic carbocycles. The van der Waals surface area contributed by atoms with Crippen LogP contribution < -0.4 is 10.6 Å². The lowest BCUT2D eigenvalue weighted by Crippen LogP contribution is -2.55. The fourth-order valence-corrected chi connectivity index (χ4v) is 1.77. The van der Waals surface area contributed by atoms with E-state index in [-0.39, 0.29) is 11.9 Å². The number of carbonyl (C=O) groups is 1. The molecule has 0 aromatic heterocycles. The highest BCUT2D eigenvalue weighted by atomic mass is 16.2. The molecule has 1 fully saturated rings. The molecule has 1 aliphatic rings. The van der Waals surface area contributed by atoms with Crippen molar-refractivity contribution in [3.8, 4) is 12.3 Å². The maximum absolute atomic E-state index is 11.6. The second-order valence-corrected chi connectivity index (χ2v) is 3.95. The van der Waals surface area contributed by atoms with Crippen molar-refractivity contribution in [1.82, 2.24) is 15.5 Å². The Morgan fingerprint density at radius 2 is 2.53 bits per heavy atom. The van der Waals surface area contributed by atoms with Gasteiger partial charge in [0.15, 0.2) is 0 Å². The van der Waals surface area contributed by atoms with Crippen LogP contribution in [0.15, 0.2) is 0 Å². The Morgan fingerprint density at radius 3 is 3.13 bits per heavy atom. The smallest absolute Gasteiger partial charge is 0.237 e. The molecule has 1 aliphatic heterocycles. The van der Waals surface area contributed by atoms with Gasteiger partial charge in [0.2, 0.25) is 5.91 Å². The maximum atomic E-state index is 11.6. The van der Waals surface area contributed by atoms with Crippen molar-refractivity contribution < 1.29 is 4.79 Å². The van der Waals surface area contributed by atoms with E-state index in [0.717, 1.165) is 19.6 Å². The number of hydrogen-bond donors (Lipinski definition) is 2. The second kappa shape index (κ2) is 5.74. The standard InChI is InChI=1S/C11H19N3O/c1-4-5-13-11(15)10(3)14-7-6-12-9(2)8-14/h1,9-10,12H,5-8H2,2-3H3,(H,13,15)/t9-,10?/m0/s1. The lowest BCUT2D eigenvalue weighted by molar-refractivity contribution is -0.126. The maximum Gasteiger partial charge on any atom is 0.237 e. The van der Waals surface area contributed by atoms with E-state index in [2.05, 4.69) is 28.4 Å². The number of hydrogen-bond acceptors (Lipinski definition) is 3. The van der Waals surface area contributed by atoms with Gasteiger partial charge >= 0.3 is 0 Å². The van der Waals surface area contributed by atoms with E-state index in [1.165, 1.54) is 0 Å². The first kappa shape index (κ1) is 12.0. The minimum Gasteiger partial charge on any atom is -0.344 e. The SMILES string of the molecule is C#CCNC(=O)C(C)N1CCN[C@@H](C)C1. The summed E-state index contributed by atoms with van der Waals surface area (Å²) in [6.45, 7) is 7.11. The lowest BCUT2D eigenvalue weighted by Gasteiger charge is -2.35. The monoisotopic (exact) mass is 209 g/mol. The molecular weight excluding hydrogens is 190 g/mol. The molecular formula is C11H19N3O. The molecule has 84 valence electrons. The number of nitrogens with zero attached hydrogens (tertiary/aromatic N) is 1. The topological polar surface area (TPSA) is 44.4 Å². The number of carbonyl (C=O) groups excluding carboxylic acids is 1. The molecule has 1 amide bonds. The molecule has 1 saturated heterocycles.